The van der Waals surface area contributed by atoms with Crippen LogP contribution in [-0.2, 0) is 16.0 Å². The molecule has 1 aromatic heterocycles. The topological polar surface area (TPSA) is 70.5 Å². The molecular formula is C13H16N2O3. The highest BCUT2D eigenvalue weighted by atomic mass is 16.4. The van der Waals surface area contributed by atoms with Gasteiger partial charge in [0.25, 0.3) is 0 Å². The normalized spacial score (nSPS) is 18.9. The number of hydrogen-bond acceptors (Lipinski definition) is 3. The van der Waals surface area contributed by atoms with Gasteiger partial charge in [-0.25, -0.2) is 0 Å². The van der Waals surface area contributed by atoms with Crippen LogP contribution in [0.25, 0.3) is 0 Å². The molecule has 1 atom stereocenters. The molecule has 1 aromatic rings. The molecule has 2 heterocycles. The number of aromatic nitrogens is 1. The lowest BCUT2D eigenvalue weighted by atomic mass is 10.1. The maximum absolute atomic E-state index is 12.0. The van der Waals surface area contributed by atoms with Crippen molar-refractivity contribution in [3.8, 4) is 0 Å². The summed E-state index contributed by atoms with van der Waals surface area (Å²) >= 11 is 0. The highest BCUT2D eigenvalue weighted by Gasteiger charge is 2.30. The summed E-state index contributed by atoms with van der Waals surface area (Å²) in [5.41, 5.74) is 1.78. The van der Waals surface area contributed by atoms with Gasteiger partial charge < -0.3 is 10.0 Å². The number of pyridine rings is 1. The van der Waals surface area contributed by atoms with Crippen LogP contribution in [0.15, 0.2) is 18.3 Å². The maximum atomic E-state index is 12.0. The molecule has 0 saturated carbocycles. The van der Waals surface area contributed by atoms with Crippen molar-refractivity contribution in [2.24, 2.45) is 5.92 Å². The van der Waals surface area contributed by atoms with E-state index in [9.17, 15) is 9.59 Å². The second kappa shape index (κ2) is 5.16. The second-order valence-corrected chi connectivity index (χ2v) is 4.65. The Hall–Kier alpha value is -1.91. The maximum Gasteiger partial charge on any atom is 0.308 e. The Bertz CT molecular complexity index is 456. The monoisotopic (exact) mass is 248 g/mol. The summed E-state index contributed by atoms with van der Waals surface area (Å²) < 4.78 is 0. The summed E-state index contributed by atoms with van der Waals surface area (Å²) in [5.74, 6) is -1.25. The van der Waals surface area contributed by atoms with Gasteiger partial charge in [0.05, 0.1) is 12.3 Å². The minimum atomic E-state index is -0.817. The number of nitrogens with zero attached hydrogens (tertiary/aromatic N) is 2. The van der Waals surface area contributed by atoms with Crippen molar-refractivity contribution >= 4 is 11.9 Å². The highest BCUT2D eigenvalue weighted by Crippen LogP contribution is 2.17. The summed E-state index contributed by atoms with van der Waals surface area (Å²) in [6.45, 7) is 2.76. The lowest BCUT2D eigenvalue weighted by Crippen LogP contribution is -2.31. The first kappa shape index (κ1) is 12.5. The van der Waals surface area contributed by atoms with Crippen LogP contribution in [0.4, 0.5) is 0 Å². The molecule has 18 heavy (non-hydrogen) atoms. The molecule has 0 unspecified atom stereocenters. The first-order valence-electron chi connectivity index (χ1n) is 5.98. The Morgan fingerprint density at radius 1 is 1.50 bits per heavy atom. The number of hydrogen-bond donors (Lipinski definition) is 1. The Balaban J connectivity index is 1.93. The van der Waals surface area contributed by atoms with E-state index in [-0.39, 0.29) is 5.91 Å². The third-order valence-corrected chi connectivity index (χ3v) is 3.22. The van der Waals surface area contributed by atoms with Crippen LogP contribution in [0, 0.1) is 12.8 Å². The summed E-state index contributed by atoms with van der Waals surface area (Å²) in [6.07, 6.45) is 2.53. The summed E-state index contributed by atoms with van der Waals surface area (Å²) in [5, 5.41) is 8.89. The van der Waals surface area contributed by atoms with Crippen LogP contribution in [0.5, 0.6) is 0 Å². The molecule has 0 bridgehead atoms. The second-order valence-electron chi connectivity index (χ2n) is 4.65. The average molecular weight is 248 g/mol. The van der Waals surface area contributed by atoms with Gasteiger partial charge >= 0.3 is 5.97 Å². The third kappa shape index (κ3) is 2.85. The molecule has 0 aliphatic carbocycles. The van der Waals surface area contributed by atoms with Crippen LogP contribution < -0.4 is 0 Å². The summed E-state index contributed by atoms with van der Waals surface area (Å²) in [4.78, 5) is 28.6. The van der Waals surface area contributed by atoms with Gasteiger partial charge in [-0.1, -0.05) is 6.07 Å². The van der Waals surface area contributed by atoms with Crippen molar-refractivity contribution in [1.82, 2.24) is 9.88 Å². The Kier molecular flexibility index (Phi) is 3.60. The molecule has 1 aliphatic rings. The largest absolute Gasteiger partial charge is 0.481 e. The molecular weight excluding hydrogens is 232 g/mol. The number of carboxylic acids is 1. The number of carbonyl (C=O) groups excluding carboxylic acids is 1. The standard InChI is InChI=1S/C13H16N2O3/c1-9-2-3-10(7-14-9)6-12(16)15-5-4-11(8-15)13(17)18/h2-3,7,11H,4-6,8H2,1H3,(H,17,18)/t11-/m1/s1. The van der Waals surface area contributed by atoms with E-state index in [1.807, 2.05) is 19.1 Å². The number of rotatable bonds is 3. The third-order valence-electron chi connectivity index (χ3n) is 3.22. The van der Waals surface area contributed by atoms with Crippen LogP contribution in [-0.4, -0.2) is 40.0 Å². The number of carboxylic acid groups (broad SMARTS) is 1. The zero-order valence-corrected chi connectivity index (χ0v) is 10.3. The Labute approximate surface area is 105 Å². The summed E-state index contributed by atoms with van der Waals surface area (Å²) in [7, 11) is 0. The number of amides is 1. The fourth-order valence-corrected chi connectivity index (χ4v) is 2.08. The van der Waals surface area contributed by atoms with Gasteiger partial charge in [0, 0.05) is 25.0 Å². The molecule has 5 nitrogen and oxygen atoms in total. The number of carbonyl (C=O) groups is 2. The van der Waals surface area contributed by atoms with E-state index in [0.29, 0.717) is 25.9 Å². The van der Waals surface area contributed by atoms with Gasteiger partial charge in [-0.15, -0.1) is 0 Å². The predicted octanol–water partition coefficient (Wildman–Crippen LogP) is 0.866. The molecule has 0 spiro atoms. The number of aliphatic carboxylic acids is 1. The lowest BCUT2D eigenvalue weighted by molar-refractivity contribution is -0.141. The van der Waals surface area contributed by atoms with E-state index in [2.05, 4.69) is 4.98 Å². The zero-order chi connectivity index (χ0) is 13.1. The molecule has 96 valence electrons. The quantitative estimate of drug-likeness (QED) is 0.861. The molecule has 0 radical (unpaired) electrons. The fourth-order valence-electron chi connectivity index (χ4n) is 2.08. The Morgan fingerprint density at radius 3 is 2.83 bits per heavy atom. The van der Waals surface area contributed by atoms with Crippen molar-refractivity contribution < 1.29 is 14.7 Å². The highest BCUT2D eigenvalue weighted by molar-refractivity contribution is 5.80. The van der Waals surface area contributed by atoms with Crippen LogP contribution in [0.1, 0.15) is 17.7 Å². The van der Waals surface area contributed by atoms with Crippen molar-refractivity contribution in [1.29, 1.82) is 0 Å². The van der Waals surface area contributed by atoms with Gasteiger partial charge in [-0.3, -0.25) is 14.6 Å². The minimum Gasteiger partial charge on any atom is -0.481 e. The van der Waals surface area contributed by atoms with Crippen molar-refractivity contribution in [3.63, 3.8) is 0 Å². The van der Waals surface area contributed by atoms with Crippen molar-refractivity contribution in [3.05, 3.63) is 29.6 Å². The van der Waals surface area contributed by atoms with Crippen LogP contribution in [0.3, 0.4) is 0 Å². The van der Waals surface area contributed by atoms with E-state index in [1.54, 1.807) is 11.1 Å². The first-order chi connectivity index (χ1) is 8.56. The zero-order valence-electron chi connectivity index (χ0n) is 10.3. The van der Waals surface area contributed by atoms with Crippen LogP contribution >= 0.6 is 0 Å². The Morgan fingerprint density at radius 2 is 2.28 bits per heavy atom. The molecule has 1 aliphatic heterocycles. The van der Waals surface area contributed by atoms with Crippen molar-refractivity contribution in [2.75, 3.05) is 13.1 Å². The molecule has 1 amide bonds. The average Bonchev–Trinajstić information content (AvgIpc) is 2.81. The molecule has 1 saturated heterocycles. The molecule has 1 N–H and O–H groups in total. The van der Waals surface area contributed by atoms with E-state index in [0.717, 1.165) is 11.3 Å². The van der Waals surface area contributed by atoms with Gasteiger partial charge in [0.1, 0.15) is 0 Å². The van der Waals surface area contributed by atoms with Gasteiger partial charge in [0.15, 0.2) is 0 Å². The van der Waals surface area contributed by atoms with Crippen LogP contribution in [0.2, 0.25) is 0 Å². The minimum absolute atomic E-state index is 0.0237. The number of likely N-dealkylation sites (tertiary alicyclic amines) is 1. The molecule has 2 rings (SSSR count). The summed E-state index contributed by atoms with van der Waals surface area (Å²) in [6, 6.07) is 3.75. The lowest BCUT2D eigenvalue weighted by Gasteiger charge is -2.15. The SMILES string of the molecule is Cc1ccc(CC(=O)N2CC[C@@H](C(=O)O)C2)cn1. The number of aryl methyl sites for hydroxylation is 1. The smallest absolute Gasteiger partial charge is 0.308 e. The van der Waals surface area contributed by atoms with E-state index in [4.69, 9.17) is 5.11 Å². The first-order valence-corrected chi connectivity index (χ1v) is 5.98. The predicted molar refractivity (Wildman–Crippen MR) is 65.0 cm³/mol. The van der Waals surface area contributed by atoms with Gasteiger partial charge in [-0.05, 0) is 25.0 Å². The van der Waals surface area contributed by atoms with E-state index >= 15 is 0 Å². The van der Waals surface area contributed by atoms with Crippen molar-refractivity contribution in [2.45, 2.75) is 19.8 Å². The van der Waals surface area contributed by atoms with E-state index < -0.39 is 11.9 Å². The molecule has 1 fully saturated rings. The molecule has 5 heteroatoms. The van der Waals surface area contributed by atoms with E-state index in [1.165, 1.54) is 0 Å². The molecule has 0 aromatic carbocycles. The van der Waals surface area contributed by atoms with Gasteiger partial charge in [0.2, 0.25) is 5.91 Å². The van der Waals surface area contributed by atoms with Gasteiger partial charge in [-0.2, -0.15) is 0 Å². The fraction of sp³-hybridized carbons (Fsp3) is 0.462.